The van der Waals surface area contributed by atoms with Crippen LogP contribution in [-0.2, 0) is 6.54 Å². The number of nitrogens with zero attached hydrogens (tertiary/aromatic N) is 1. The van der Waals surface area contributed by atoms with Gasteiger partial charge in [-0.05, 0) is 37.6 Å². The van der Waals surface area contributed by atoms with Crippen molar-refractivity contribution < 1.29 is 0 Å². The highest BCUT2D eigenvalue weighted by atomic mass is 15.1. The van der Waals surface area contributed by atoms with E-state index in [2.05, 4.69) is 18.0 Å². The van der Waals surface area contributed by atoms with Crippen molar-refractivity contribution in [2.45, 2.75) is 44.7 Å². The number of hydrogen-bond donors (Lipinski definition) is 2. The highest BCUT2D eigenvalue weighted by Crippen LogP contribution is 2.24. The smallest absolute Gasteiger partial charge is 0.0551 e. The van der Waals surface area contributed by atoms with Crippen molar-refractivity contribution in [3.8, 4) is 0 Å². The summed E-state index contributed by atoms with van der Waals surface area (Å²) >= 11 is 0. The summed E-state index contributed by atoms with van der Waals surface area (Å²) in [6.07, 6.45) is 6.82. The zero-order valence-electron chi connectivity index (χ0n) is 10.7. The summed E-state index contributed by atoms with van der Waals surface area (Å²) in [5.74, 6) is 0. The van der Waals surface area contributed by atoms with Crippen LogP contribution in [0.5, 0.6) is 0 Å². The molecule has 4 N–H and O–H groups in total. The first-order valence-corrected chi connectivity index (χ1v) is 6.51. The molecule has 2 rings (SSSR count). The van der Waals surface area contributed by atoms with Gasteiger partial charge in [0.15, 0.2) is 0 Å². The molecule has 1 saturated carbocycles. The second-order valence-electron chi connectivity index (χ2n) is 5.17. The highest BCUT2D eigenvalue weighted by molar-refractivity contribution is 5.63. The maximum absolute atomic E-state index is 5.83. The Morgan fingerprint density at radius 3 is 2.47 bits per heavy atom. The van der Waals surface area contributed by atoms with Gasteiger partial charge in [0.05, 0.1) is 11.4 Å². The SMILES string of the molecule is CN(Cc1ccc(N)c(N)c1)C1CCCCC1. The van der Waals surface area contributed by atoms with Crippen LogP contribution in [0.4, 0.5) is 11.4 Å². The van der Waals surface area contributed by atoms with E-state index < -0.39 is 0 Å². The topological polar surface area (TPSA) is 55.3 Å². The van der Waals surface area contributed by atoms with Gasteiger partial charge in [-0.3, -0.25) is 4.90 Å². The molecule has 0 heterocycles. The third-order valence-corrected chi connectivity index (χ3v) is 3.78. The Hall–Kier alpha value is -1.22. The van der Waals surface area contributed by atoms with Gasteiger partial charge in [0.1, 0.15) is 0 Å². The lowest BCUT2D eigenvalue weighted by molar-refractivity contribution is 0.184. The first-order chi connectivity index (χ1) is 8.16. The molecule has 0 amide bonds. The number of hydrogen-bond acceptors (Lipinski definition) is 3. The van der Waals surface area contributed by atoms with Crippen LogP contribution < -0.4 is 11.5 Å². The predicted molar refractivity (Wildman–Crippen MR) is 73.6 cm³/mol. The molecule has 1 aromatic carbocycles. The Kier molecular flexibility index (Phi) is 3.89. The molecule has 94 valence electrons. The van der Waals surface area contributed by atoms with E-state index in [0.717, 1.165) is 12.6 Å². The normalized spacial score (nSPS) is 17.5. The zero-order valence-corrected chi connectivity index (χ0v) is 10.7. The molecule has 1 aromatic rings. The van der Waals surface area contributed by atoms with Crippen LogP contribution >= 0.6 is 0 Å². The van der Waals surface area contributed by atoms with E-state index in [4.69, 9.17) is 11.5 Å². The van der Waals surface area contributed by atoms with Crippen molar-refractivity contribution in [1.82, 2.24) is 4.90 Å². The molecule has 0 aromatic heterocycles. The largest absolute Gasteiger partial charge is 0.397 e. The van der Waals surface area contributed by atoms with E-state index in [0.29, 0.717) is 11.4 Å². The minimum atomic E-state index is 0.675. The van der Waals surface area contributed by atoms with Crippen LogP contribution in [-0.4, -0.2) is 18.0 Å². The number of nitrogens with two attached hydrogens (primary N) is 2. The van der Waals surface area contributed by atoms with Gasteiger partial charge < -0.3 is 11.5 Å². The second-order valence-corrected chi connectivity index (χ2v) is 5.17. The fourth-order valence-electron chi connectivity index (χ4n) is 2.66. The quantitative estimate of drug-likeness (QED) is 0.789. The predicted octanol–water partition coefficient (Wildman–Crippen LogP) is 2.62. The lowest BCUT2D eigenvalue weighted by Crippen LogP contribution is -2.32. The summed E-state index contributed by atoms with van der Waals surface area (Å²) < 4.78 is 0. The third kappa shape index (κ3) is 3.13. The molecule has 0 aliphatic heterocycles. The zero-order chi connectivity index (χ0) is 12.3. The maximum atomic E-state index is 5.83. The molecule has 17 heavy (non-hydrogen) atoms. The average molecular weight is 233 g/mol. The minimum Gasteiger partial charge on any atom is -0.397 e. The van der Waals surface area contributed by atoms with Crippen molar-refractivity contribution in [2.75, 3.05) is 18.5 Å². The number of nitrogen functional groups attached to an aromatic ring is 2. The van der Waals surface area contributed by atoms with Gasteiger partial charge >= 0.3 is 0 Å². The van der Waals surface area contributed by atoms with Gasteiger partial charge in [0.2, 0.25) is 0 Å². The van der Waals surface area contributed by atoms with Crippen LogP contribution in [0.25, 0.3) is 0 Å². The van der Waals surface area contributed by atoms with E-state index in [1.807, 2.05) is 12.1 Å². The Balaban J connectivity index is 1.96. The molecule has 0 unspecified atom stereocenters. The van der Waals surface area contributed by atoms with Crippen LogP contribution in [0, 0.1) is 0 Å². The Morgan fingerprint density at radius 2 is 1.82 bits per heavy atom. The third-order valence-electron chi connectivity index (χ3n) is 3.78. The van der Waals surface area contributed by atoms with Gasteiger partial charge in [0.25, 0.3) is 0 Å². The van der Waals surface area contributed by atoms with E-state index in [-0.39, 0.29) is 0 Å². The first-order valence-electron chi connectivity index (χ1n) is 6.51. The molecule has 0 radical (unpaired) electrons. The average Bonchev–Trinajstić information content (AvgIpc) is 2.35. The molecule has 0 saturated heterocycles. The Bertz CT molecular complexity index is 370. The molecular weight excluding hydrogens is 210 g/mol. The summed E-state index contributed by atoms with van der Waals surface area (Å²) in [6.45, 7) is 0.967. The molecule has 0 atom stereocenters. The lowest BCUT2D eigenvalue weighted by atomic mass is 9.94. The molecule has 1 fully saturated rings. The maximum Gasteiger partial charge on any atom is 0.0551 e. The molecule has 0 bridgehead atoms. The first kappa shape index (κ1) is 12.2. The summed E-state index contributed by atoms with van der Waals surface area (Å²) in [4.78, 5) is 2.45. The van der Waals surface area contributed by atoms with Crippen molar-refractivity contribution in [2.24, 2.45) is 0 Å². The molecular formula is C14H23N3. The van der Waals surface area contributed by atoms with Crippen molar-refractivity contribution >= 4 is 11.4 Å². The standard InChI is InChI=1S/C14H23N3/c1-17(12-5-3-2-4-6-12)10-11-7-8-13(15)14(16)9-11/h7-9,12H,2-6,10,15-16H2,1H3. The fraction of sp³-hybridized carbons (Fsp3) is 0.571. The number of benzene rings is 1. The lowest BCUT2D eigenvalue weighted by Gasteiger charge is -2.31. The Morgan fingerprint density at radius 1 is 1.12 bits per heavy atom. The van der Waals surface area contributed by atoms with Crippen molar-refractivity contribution in [3.05, 3.63) is 23.8 Å². The molecule has 0 spiro atoms. The van der Waals surface area contributed by atoms with Crippen molar-refractivity contribution in [1.29, 1.82) is 0 Å². The molecule has 1 aliphatic carbocycles. The van der Waals surface area contributed by atoms with Crippen molar-refractivity contribution in [3.63, 3.8) is 0 Å². The fourth-order valence-corrected chi connectivity index (χ4v) is 2.66. The van der Waals surface area contributed by atoms with E-state index >= 15 is 0 Å². The van der Waals surface area contributed by atoms with E-state index in [9.17, 15) is 0 Å². The second kappa shape index (κ2) is 5.41. The van der Waals surface area contributed by atoms with Crippen LogP contribution in [0.15, 0.2) is 18.2 Å². The summed E-state index contributed by atoms with van der Waals surface area (Å²) in [5, 5.41) is 0. The van der Waals surface area contributed by atoms with Crippen LogP contribution in [0.1, 0.15) is 37.7 Å². The van der Waals surface area contributed by atoms with Gasteiger partial charge in [-0.2, -0.15) is 0 Å². The molecule has 3 nitrogen and oxygen atoms in total. The van der Waals surface area contributed by atoms with E-state index in [1.54, 1.807) is 0 Å². The summed E-state index contributed by atoms with van der Waals surface area (Å²) in [7, 11) is 2.21. The van der Waals surface area contributed by atoms with Gasteiger partial charge in [0, 0.05) is 12.6 Å². The highest BCUT2D eigenvalue weighted by Gasteiger charge is 2.17. The Labute approximate surface area is 104 Å². The van der Waals surface area contributed by atoms with Gasteiger partial charge in [-0.15, -0.1) is 0 Å². The summed E-state index contributed by atoms with van der Waals surface area (Å²) in [6, 6.07) is 6.71. The minimum absolute atomic E-state index is 0.675. The molecule has 3 heteroatoms. The van der Waals surface area contributed by atoms with E-state index in [1.165, 1.54) is 37.7 Å². The van der Waals surface area contributed by atoms with Gasteiger partial charge in [-0.1, -0.05) is 25.3 Å². The molecule has 1 aliphatic rings. The number of rotatable bonds is 3. The monoisotopic (exact) mass is 233 g/mol. The van der Waals surface area contributed by atoms with Gasteiger partial charge in [-0.25, -0.2) is 0 Å². The van der Waals surface area contributed by atoms with Crippen LogP contribution in [0.2, 0.25) is 0 Å². The number of anilines is 2. The summed E-state index contributed by atoms with van der Waals surface area (Å²) in [5.41, 5.74) is 14.2. The van der Waals surface area contributed by atoms with Crippen LogP contribution in [0.3, 0.4) is 0 Å².